The van der Waals surface area contributed by atoms with Gasteiger partial charge in [-0.25, -0.2) is 8.78 Å². The molecule has 1 unspecified atom stereocenters. The first-order valence-corrected chi connectivity index (χ1v) is 7.49. The minimum atomic E-state index is -2.61. The lowest BCUT2D eigenvalue weighted by molar-refractivity contribution is -0.130. The van der Waals surface area contributed by atoms with Crippen molar-refractivity contribution in [3.8, 4) is 0 Å². The third-order valence-corrected chi connectivity index (χ3v) is 3.99. The summed E-state index contributed by atoms with van der Waals surface area (Å²) in [6.45, 7) is 6.05. The van der Waals surface area contributed by atoms with Crippen molar-refractivity contribution in [3.63, 3.8) is 0 Å². The number of amides is 1. The summed E-state index contributed by atoms with van der Waals surface area (Å²) in [5.74, 6) is -2.65. The van der Waals surface area contributed by atoms with E-state index in [9.17, 15) is 18.7 Å². The lowest BCUT2D eigenvalue weighted by Crippen LogP contribution is -2.44. The van der Waals surface area contributed by atoms with E-state index in [1.807, 2.05) is 0 Å². The Morgan fingerprint density at radius 3 is 2.45 bits per heavy atom. The van der Waals surface area contributed by atoms with E-state index in [0.29, 0.717) is 12.3 Å². The zero-order valence-electron chi connectivity index (χ0n) is 12.7. The summed E-state index contributed by atoms with van der Waals surface area (Å²) in [5, 5.41) is 12.9. The molecule has 0 spiro atoms. The molecule has 1 aliphatic carbocycles. The van der Waals surface area contributed by atoms with E-state index in [1.54, 1.807) is 6.92 Å². The van der Waals surface area contributed by atoms with Crippen molar-refractivity contribution in [2.24, 2.45) is 11.8 Å². The molecule has 0 heterocycles. The number of carbonyl (C=O) groups is 1. The molecule has 1 fully saturated rings. The molecule has 2 N–H and O–H groups in total. The van der Waals surface area contributed by atoms with Gasteiger partial charge in [0.05, 0.1) is 5.60 Å². The second kappa shape index (κ2) is 6.83. The first kappa shape index (κ1) is 17.3. The van der Waals surface area contributed by atoms with Gasteiger partial charge in [-0.2, -0.15) is 0 Å². The Hall–Kier alpha value is -0.710. The van der Waals surface area contributed by atoms with Crippen LogP contribution in [0.5, 0.6) is 0 Å². The molecule has 3 nitrogen and oxygen atoms in total. The molecule has 0 aromatic rings. The Morgan fingerprint density at radius 2 is 1.95 bits per heavy atom. The molecule has 1 aliphatic rings. The van der Waals surface area contributed by atoms with Gasteiger partial charge in [-0.1, -0.05) is 13.8 Å². The Morgan fingerprint density at radius 1 is 1.40 bits per heavy atom. The van der Waals surface area contributed by atoms with Crippen molar-refractivity contribution in [2.75, 3.05) is 6.54 Å². The molecular weight excluding hydrogens is 264 g/mol. The summed E-state index contributed by atoms with van der Waals surface area (Å²) < 4.78 is 26.0. The normalized spacial score (nSPS) is 22.6. The number of carbonyl (C=O) groups excluding carboxylic acids is 1. The SMILES string of the molecule is CC(C)CCC(C)(O)CNC(=O)C1CCC(F)(F)CC1. The van der Waals surface area contributed by atoms with E-state index in [2.05, 4.69) is 19.2 Å². The van der Waals surface area contributed by atoms with E-state index in [4.69, 9.17) is 0 Å². The third kappa shape index (κ3) is 6.16. The molecule has 1 atom stereocenters. The van der Waals surface area contributed by atoms with Gasteiger partial charge in [0, 0.05) is 25.3 Å². The maximum absolute atomic E-state index is 13.0. The summed E-state index contributed by atoms with van der Waals surface area (Å²) in [6, 6.07) is 0. The van der Waals surface area contributed by atoms with Crippen LogP contribution in [-0.4, -0.2) is 29.1 Å². The second-order valence-corrected chi connectivity index (χ2v) is 6.78. The van der Waals surface area contributed by atoms with Crippen LogP contribution >= 0.6 is 0 Å². The maximum atomic E-state index is 13.0. The van der Waals surface area contributed by atoms with Gasteiger partial charge in [0.15, 0.2) is 0 Å². The molecule has 0 aliphatic heterocycles. The Balaban J connectivity index is 2.32. The number of halogens is 2. The van der Waals surface area contributed by atoms with Gasteiger partial charge in [-0.3, -0.25) is 4.79 Å². The number of aliphatic hydroxyl groups is 1. The first-order valence-electron chi connectivity index (χ1n) is 7.49. The molecule has 5 heteroatoms. The van der Waals surface area contributed by atoms with Crippen LogP contribution in [0.15, 0.2) is 0 Å². The fraction of sp³-hybridized carbons (Fsp3) is 0.933. The smallest absolute Gasteiger partial charge is 0.248 e. The third-order valence-electron chi connectivity index (χ3n) is 3.99. The predicted molar refractivity (Wildman–Crippen MR) is 74.6 cm³/mol. The zero-order valence-corrected chi connectivity index (χ0v) is 12.7. The standard InChI is InChI=1S/C15H27F2NO2/c1-11(2)4-7-14(3,20)10-18-13(19)12-5-8-15(16,17)9-6-12/h11-12,20H,4-10H2,1-3H3,(H,18,19). The molecule has 1 saturated carbocycles. The fourth-order valence-corrected chi connectivity index (χ4v) is 2.41. The number of alkyl halides is 2. The minimum absolute atomic E-state index is 0.186. The largest absolute Gasteiger partial charge is 0.388 e. The Labute approximate surface area is 120 Å². The van der Waals surface area contributed by atoms with Crippen molar-refractivity contribution in [1.82, 2.24) is 5.32 Å². The topological polar surface area (TPSA) is 49.3 Å². The maximum Gasteiger partial charge on any atom is 0.248 e. The van der Waals surface area contributed by atoms with E-state index >= 15 is 0 Å². The van der Waals surface area contributed by atoms with Crippen LogP contribution in [0.25, 0.3) is 0 Å². The van der Waals surface area contributed by atoms with Crippen molar-refractivity contribution in [2.45, 2.75) is 70.8 Å². The van der Waals surface area contributed by atoms with Gasteiger partial charge in [0.1, 0.15) is 0 Å². The molecule has 0 saturated heterocycles. The van der Waals surface area contributed by atoms with Gasteiger partial charge in [0.2, 0.25) is 11.8 Å². The summed E-state index contributed by atoms with van der Waals surface area (Å²) in [5.41, 5.74) is -0.932. The van der Waals surface area contributed by atoms with Gasteiger partial charge < -0.3 is 10.4 Å². The molecular formula is C15H27F2NO2. The van der Waals surface area contributed by atoms with Gasteiger partial charge in [0.25, 0.3) is 0 Å². The van der Waals surface area contributed by atoms with Crippen LogP contribution in [0.3, 0.4) is 0 Å². The molecule has 0 aromatic carbocycles. The van der Waals surface area contributed by atoms with Crippen LogP contribution in [0.2, 0.25) is 0 Å². The summed E-state index contributed by atoms with van der Waals surface area (Å²) >= 11 is 0. The number of hydrogen-bond donors (Lipinski definition) is 2. The van der Waals surface area contributed by atoms with Crippen LogP contribution < -0.4 is 5.32 Å². The zero-order chi connectivity index (χ0) is 15.4. The second-order valence-electron chi connectivity index (χ2n) is 6.78. The number of hydrogen-bond acceptors (Lipinski definition) is 2. The molecule has 1 rings (SSSR count). The van der Waals surface area contributed by atoms with Crippen molar-refractivity contribution in [1.29, 1.82) is 0 Å². The minimum Gasteiger partial charge on any atom is -0.388 e. The molecule has 0 radical (unpaired) electrons. The molecule has 20 heavy (non-hydrogen) atoms. The van der Waals surface area contributed by atoms with Crippen molar-refractivity contribution >= 4 is 5.91 Å². The lowest BCUT2D eigenvalue weighted by atomic mass is 9.86. The molecule has 0 bridgehead atoms. The van der Waals surface area contributed by atoms with Gasteiger partial charge >= 0.3 is 0 Å². The molecule has 0 aromatic heterocycles. The average molecular weight is 291 g/mol. The van der Waals surface area contributed by atoms with E-state index < -0.39 is 11.5 Å². The van der Waals surface area contributed by atoms with E-state index in [0.717, 1.165) is 6.42 Å². The van der Waals surface area contributed by atoms with Gasteiger partial charge in [-0.15, -0.1) is 0 Å². The summed E-state index contributed by atoms with van der Waals surface area (Å²) in [6.07, 6.45) is 1.54. The highest BCUT2D eigenvalue weighted by molar-refractivity contribution is 5.78. The number of nitrogens with one attached hydrogen (secondary N) is 1. The van der Waals surface area contributed by atoms with E-state index in [-0.39, 0.29) is 44.1 Å². The highest BCUT2D eigenvalue weighted by atomic mass is 19.3. The Kier molecular flexibility index (Phi) is 5.92. The van der Waals surface area contributed by atoms with Crippen LogP contribution in [-0.2, 0) is 4.79 Å². The van der Waals surface area contributed by atoms with Crippen LogP contribution in [0.4, 0.5) is 8.78 Å². The predicted octanol–water partition coefficient (Wildman–Crippen LogP) is 3.12. The average Bonchev–Trinajstić information content (AvgIpc) is 2.34. The Bertz CT molecular complexity index is 320. The monoisotopic (exact) mass is 291 g/mol. The van der Waals surface area contributed by atoms with Crippen molar-refractivity contribution in [3.05, 3.63) is 0 Å². The van der Waals surface area contributed by atoms with Crippen LogP contribution in [0.1, 0.15) is 59.3 Å². The fourth-order valence-electron chi connectivity index (χ4n) is 2.41. The van der Waals surface area contributed by atoms with Gasteiger partial charge in [-0.05, 0) is 38.5 Å². The highest BCUT2D eigenvalue weighted by Gasteiger charge is 2.37. The number of rotatable bonds is 6. The quantitative estimate of drug-likeness (QED) is 0.790. The lowest BCUT2D eigenvalue weighted by Gasteiger charge is -2.29. The van der Waals surface area contributed by atoms with E-state index in [1.165, 1.54) is 0 Å². The highest BCUT2D eigenvalue weighted by Crippen LogP contribution is 2.36. The summed E-state index contributed by atoms with van der Waals surface area (Å²) in [7, 11) is 0. The molecule has 118 valence electrons. The first-order chi connectivity index (χ1) is 9.11. The summed E-state index contributed by atoms with van der Waals surface area (Å²) in [4.78, 5) is 11.9. The van der Waals surface area contributed by atoms with Crippen molar-refractivity contribution < 1.29 is 18.7 Å². The van der Waals surface area contributed by atoms with Crippen LogP contribution in [0, 0.1) is 11.8 Å². The molecule has 1 amide bonds.